The molecule has 33 heavy (non-hydrogen) atoms. The van der Waals surface area contributed by atoms with E-state index < -0.39 is 58.9 Å². The van der Waals surface area contributed by atoms with Crippen molar-refractivity contribution in [2.75, 3.05) is 12.4 Å². The summed E-state index contributed by atoms with van der Waals surface area (Å²) in [4.78, 5) is 28.2. The Labute approximate surface area is 185 Å². The number of primary amides is 1. The zero-order chi connectivity index (χ0) is 24.7. The minimum Gasteiger partial charge on any atom is -0.493 e. The second-order valence-corrected chi connectivity index (χ2v) is 7.72. The summed E-state index contributed by atoms with van der Waals surface area (Å²) in [5.74, 6) is -8.10. The predicted molar refractivity (Wildman–Crippen MR) is 106 cm³/mol. The lowest BCUT2D eigenvalue weighted by Crippen LogP contribution is -2.47. The lowest BCUT2D eigenvalue weighted by Gasteiger charge is -2.32. The SMILES string of the molecule is COc1c([C@@H]2[C@@H](C(=O)Nc3cc(C(N)=O)ccn3)O[C@](C)(C(F)(F)F)[C@H]2C)ccc(F)c1F. The molecule has 0 bridgehead atoms. The maximum atomic E-state index is 14.3. The Morgan fingerprint density at radius 2 is 1.91 bits per heavy atom. The molecule has 178 valence electrons. The lowest BCUT2D eigenvalue weighted by molar-refractivity contribution is -0.272. The molecule has 1 aromatic heterocycles. The van der Waals surface area contributed by atoms with Crippen LogP contribution in [0.2, 0.25) is 0 Å². The molecule has 1 aliphatic heterocycles. The average molecular weight is 473 g/mol. The smallest absolute Gasteiger partial charge is 0.417 e. The van der Waals surface area contributed by atoms with Gasteiger partial charge in [0, 0.05) is 29.2 Å². The number of nitrogens with one attached hydrogen (secondary N) is 1. The summed E-state index contributed by atoms with van der Waals surface area (Å²) in [5, 5.41) is 2.29. The topological polar surface area (TPSA) is 104 Å². The Morgan fingerprint density at radius 1 is 1.24 bits per heavy atom. The number of carbonyl (C=O) groups is 2. The van der Waals surface area contributed by atoms with Crippen LogP contribution in [-0.4, -0.2) is 41.8 Å². The minimum absolute atomic E-state index is 0.0000342. The number of benzene rings is 1. The van der Waals surface area contributed by atoms with E-state index in [0.29, 0.717) is 0 Å². The van der Waals surface area contributed by atoms with Crippen LogP contribution in [-0.2, 0) is 9.53 Å². The highest BCUT2D eigenvalue weighted by Gasteiger charge is 2.65. The first kappa shape index (κ1) is 24.4. The van der Waals surface area contributed by atoms with E-state index in [0.717, 1.165) is 32.2 Å². The largest absolute Gasteiger partial charge is 0.493 e. The van der Waals surface area contributed by atoms with Gasteiger partial charge in [-0.25, -0.2) is 9.37 Å². The number of halogens is 5. The van der Waals surface area contributed by atoms with Gasteiger partial charge in [0.1, 0.15) is 11.9 Å². The summed E-state index contributed by atoms with van der Waals surface area (Å²) in [6.45, 7) is 1.97. The molecule has 2 amide bonds. The van der Waals surface area contributed by atoms with E-state index in [2.05, 4.69) is 10.3 Å². The van der Waals surface area contributed by atoms with Gasteiger partial charge >= 0.3 is 6.18 Å². The van der Waals surface area contributed by atoms with Crippen molar-refractivity contribution in [3.05, 3.63) is 53.2 Å². The molecule has 0 radical (unpaired) electrons. The number of nitrogens with two attached hydrogens (primary N) is 1. The number of anilines is 1. The number of alkyl halides is 3. The van der Waals surface area contributed by atoms with Crippen LogP contribution in [0.3, 0.4) is 0 Å². The molecular formula is C21H20F5N3O4. The van der Waals surface area contributed by atoms with Crippen LogP contribution >= 0.6 is 0 Å². The van der Waals surface area contributed by atoms with E-state index in [1.165, 1.54) is 19.2 Å². The van der Waals surface area contributed by atoms with Gasteiger partial charge in [-0.2, -0.15) is 17.6 Å². The zero-order valence-electron chi connectivity index (χ0n) is 17.7. The molecule has 0 saturated carbocycles. The number of hydrogen-bond acceptors (Lipinski definition) is 5. The number of methoxy groups -OCH3 is 1. The molecule has 0 aliphatic carbocycles. The van der Waals surface area contributed by atoms with E-state index in [1.54, 1.807) is 0 Å². The molecule has 1 aromatic carbocycles. The van der Waals surface area contributed by atoms with Crippen molar-refractivity contribution in [2.24, 2.45) is 11.7 Å². The van der Waals surface area contributed by atoms with Crippen molar-refractivity contribution in [3.8, 4) is 5.75 Å². The summed E-state index contributed by atoms with van der Waals surface area (Å²) < 4.78 is 80.0. The van der Waals surface area contributed by atoms with Gasteiger partial charge in [0.2, 0.25) is 11.7 Å². The van der Waals surface area contributed by atoms with E-state index >= 15 is 0 Å². The van der Waals surface area contributed by atoms with Crippen molar-refractivity contribution in [2.45, 2.75) is 37.6 Å². The first-order valence-corrected chi connectivity index (χ1v) is 9.65. The molecule has 2 aromatic rings. The van der Waals surface area contributed by atoms with Crippen LogP contribution in [0, 0.1) is 17.6 Å². The quantitative estimate of drug-likeness (QED) is 0.647. The van der Waals surface area contributed by atoms with E-state index in [9.17, 15) is 31.5 Å². The Kier molecular flexibility index (Phi) is 6.33. The van der Waals surface area contributed by atoms with Gasteiger partial charge in [0.05, 0.1) is 7.11 Å². The highest BCUT2D eigenvalue weighted by molar-refractivity contribution is 5.97. The first-order valence-electron chi connectivity index (χ1n) is 9.65. The van der Waals surface area contributed by atoms with Crippen LogP contribution in [0.15, 0.2) is 30.5 Å². The number of hydrogen-bond donors (Lipinski definition) is 2. The number of pyridine rings is 1. The van der Waals surface area contributed by atoms with Crippen molar-refractivity contribution < 1.29 is 41.0 Å². The van der Waals surface area contributed by atoms with Crippen molar-refractivity contribution in [3.63, 3.8) is 0 Å². The molecule has 0 spiro atoms. The van der Waals surface area contributed by atoms with Gasteiger partial charge in [-0.15, -0.1) is 0 Å². The normalized spacial score (nSPS) is 25.0. The van der Waals surface area contributed by atoms with E-state index in [1.807, 2.05) is 0 Å². The highest BCUT2D eigenvalue weighted by atomic mass is 19.4. The third kappa shape index (κ3) is 4.22. The molecule has 1 aliphatic rings. The van der Waals surface area contributed by atoms with Crippen LogP contribution < -0.4 is 15.8 Å². The van der Waals surface area contributed by atoms with Gasteiger partial charge < -0.3 is 20.5 Å². The number of aromatic nitrogens is 1. The number of nitrogens with zero attached hydrogens (tertiary/aromatic N) is 1. The number of ether oxygens (including phenoxy) is 2. The number of rotatable bonds is 5. The minimum atomic E-state index is -4.89. The van der Waals surface area contributed by atoms with Crippen molar-refractivity contribution in [1.82, 2.24) is 4.98 Å². The molecule has 0 unspecified atom stereocenters. The molecule has 3 N–H and O–H groups in total. The van der Waals surface area contributed by atoms with Crippen LogP contribution in [0.1, 0.15) is 35.7 Å². The lowest BCUT2D eigenvalue weighted by atomic mass is 9.77. The van der Waals surface area contributed by atoms with Crippen molar-refractivity contribution in [1.29, 1.82) is 0 Å². The molecule has 2 heterocycles. The summed E-state index contributed by atoms with van der Waals surface area (Å²) in [7, 11) is 1.03. The molecule has 4 atom stereocenters. The summed E-state index contributed by atoms with van der Waals surface area (Å²) in [6, 6.07) is 4.20. The molecule has 1 fully saturated rings. The van der Waals surface area contributed by atoms with Gasteiger partial charge in [-0.1, -0.05) is 13.0 Å². The second kappa shape index (κ2) is 8.58. The van der Waals surface area contributed by atoms with Crippen LogP contribution in [0.4, 0.5) is 27.8 Å². The molecular weight excluding hydrogens is 453 g/mol. The highest BCUT2D eigenvalue weighted by Crippen LogP contribution is 2.54. The number of amides is 2. The Balaban J connectivity index is 2.07. The third-order valence-electron chi connectivity index (χ3n) is 5.87. The molecule has 1 saturated heterocycles. The van der Waals surface area contributed by atoms with E-state index in [4.69, 9.17) is 15.2 Å². The molecule has 12 heteroatoms. The zero-order valence-corrected chi connectivity index (χ0v) is 17.7. The van der Waals surface area contributed by atoms with E-state index in [-0.39, 0.29) is 16.9 Å². The van der Waals surface area contributed by atoms with Crippen LogP contribution in [0.25, 0.3) is 0 Å². The monoisotopic (exact) mass is 473 g/mol. The first-order chi connectivity index (χ1) is 15.3. The Hall–Kier alpha value is -3.28. The number of carbonyl (C=O) groups excluding carboxylic acids is 2. The van der Waals surface area contributed by atoms with Gasteiger partial charge in [-0.05, 0) is 25.1 Å². The van der Waals surface area contributed by atoms with Crippen molar-refractivity contribution >= 4 is 17.6 Å². The summed E-state index contributed by atoms with van der Waals surface area (Å²) in [6.07, 6.45) is -5.51. The van der Waals surface area contributed by atoms with Gasteiger partial charge in [0.25, 0.3) is 5.91 Å². The van der Waals surface area contributed by atoms with Gasteiger partial charge in [-0.3, -0.25) is 9.59 Å². The maximum Gasteiger partial charge on any atom is 0.417 e. The summed E-state index contributed by atoms with van der Waals surface area (Å²) in [5.41, 5.74) is 2.22. The van der Waals surface area contributed by atoms with Gasteiger partial charge in [0.15, 0.2) is 17.2 Å². The molecule has 7 nitrogen and oxygen atoms in total. The fourth-order valence-corrected chi connectivity index (χ4v) is 3.89. The summed E-state index contributed by atoms with van der Waals surface area (Å²) >= 11 is 0. The third-order valence-corrected chi connectivity index (χ3v) is 5.87. The standard InChI is InChI=1S/C21H20F5N3O4/c1-9-14(11-4-5-12(22)15(23)16(11)32-3)17(33-20(9,2)21(24,25)26)19(31)29-13-8-10(18(27)30)6-7-28-13/h4-9,14,17H,1-3H3,(H2,27,30)(H,28,29,31)/t9-,14+,17-,20-/m0/s1. The Bertz CT molecular complexity index is 1090. The molecule has 3 rings (SSSR count). The predicted octanol–water partition coefficient (Wildman–Crippen LogP) is 3.55. The van der Waals surface area contributed by atoms with Crippen LogP contribution in [0.5, 0.6) is 5.75 Å². The second-order valence-electron chi connectivity index (χ2n) is 7.72. The average Bonchev–Trinajstić information content (AvgIpc) is 3.02. The fraction of sp³-hybridized carbons (Fsp3) is 0.381. The Morgan fingerprint density at radius 3 is 2.48 bits per heavy atom. The fourth-order valence-electron chi connectivity index (χ4n) is 3.89. The maximum absolute atomic E-state index is 14.3.